The molecule has 0 amide bonds. The maximum Gasteiger partial charge on any atom is 0.341 e. The maximum atomic E-state index is 13.8. The highest BCUT2D eigenvalue weighted by atomic mass is 16.5. The summed E-state index contributed by atoms with van der Waals surface area (Å²) in [4.78, 5) is 27.1. The molecule has 1 saturated heterocycles. The molecule has 1 aromatic carbocycles. The van der Waals surface area contributed by atoms with E-state index in [2.05, 4.69) is 26.5 Å². The summed E-state index contributed by atoms with van der Waals surface area (Å²) in [7, 11) is 0. The van der Waals surface area contributed by atoms with Gasteiger partial charge in [-0.05, 0) is 43.7 Å². The fourth-order valence-electron chi connectivity index (χ4n) is 5.67. The third-order valence-electron chi connectivity index (χ3n) is 7.43. The van der Waals surface area contributed by atoms with Crippen molar-refractivity contribution in [3.8, 4) is 0 Å². The summed E-state index contributed by atoms with van der Waals surface area (Å²) in [6.45, 7) is 8.75. The van der Waals surface area contributed by atoms with Crippen LogP contribution in [-0.4, -0.2) is 24.5 Å². The highest BCUT2D eigenvalue weighted by Gasteiger charge is 2.51. The largest absolute Gasteiger partial charge is 0.494 e. The molecule has 176 valence electrons. The number of esters is 1. The van der Waals surface area contributed by atoms with Crippen LogP contribution in [0.15, 0.2) is 65.5 Å². The number of carbonyl (C=O) groups excluding carboxylic acids is 2. The van der Waals surface area contributed by atoms with Gasteiger partial charge in [-0.3, -0.25) is 4.79 Å². The predicted octanol–water partition coefficient (Wildman–Crippen LogP) is 6.12. The number of unbranched alkanes of at least 4 members (excludes halogenated alkanes) is 2. The van der Waals surface area contributed by atoms with Crippen molar-refractivity contribution in [1.29, 1.82) is 0 Å². The topological polar surface area (TPSA) is 52.6 Å². The van der Waals surface area contributed by atoms with Gasteiger partial charge in [0.25, 0.3) is 0 Å². The smallest absolute Gasteiger partial charge is 0.341 e. The van der Waals surface area contributed by atoms with Crippen molar-refractivity contribution in [3.63, 3.8) is 0 Å². The number of allylic oxidation sites excluding steroid dienone is 3. The summed E-state index contributed by atoms with van der Waals surface area (Å²) in [5.74, 6) is 0.133. The standard InChI is InChI=1S/C29H36O4/c1-4-5-7-12-22-18-25-27(24-17-19(2)13-14-23(24)20(3)33-25)28(30)26(22)29(31)32-16-15-21-10-8-6-9-11-21/h6,8-11,17,23-25,27H,3-5,7,12-16,18H2,1-2H3. The van der Waals surface area contributed by atoms with E-state index in [0.717, 1.165) is 55.4 Å². The molecule has 0 radical (unpaired) electrons. The molecular formula is C29H36O4. The van der Waals surface area contributed by atoms with Gasteiger partial charge >= 0.3 is 5.97 Å². The summed E-state index contributed by atoms with van der Waals surface area (Å²) >= 11 is 0. The first kappa shape index (κ1) is 23.5. The molecule has 0 spiro atoms. The number of Topliss-reactive ketones (excluding diaryl/α,β-unsaturated/α-hetero) is 1. The molecule has 1 aliphatic heterocycles. The molecule has 4 rings (SSSR count). The number of fused-ring (bicyclic) bond motifs is 3. The number of benzene rings is 1. The zero-order valence-corrected chi connectivity index (χ0v) is 20.0. The first-order valence-electron chi connectivity index (χ1n) is 12.5. The van der Waals surface area contributed by atoms with Crippen LogP contribution in [0.2, 0.25) is 0 Å². The molecule has 2 aliphatic carbocycles. The fraction of sp³-hybridized carbons (Fsp3) is 0.517. The molecule has 4 unspecified atom stereocenters. The second kappa shape index (κ2) is 10.5. The molecule has 0 bridgehead atoms. The molecule has 0 saturated carbocycles. The van der Waals surface area contributed by atoms with E-state index < -0.39 is 5.97 Å². The average molecular weight is 449 g/mol. The fourth-order valence-corrected chi connectivity index (χ4v) is 5.67. The second-order valence-corrected chi connectivity index (χ2v) is 9.76. The quantitative estimate of drug-likeness (QED) is 0.208. The van der Waals surface area contributed by atoms with Crippen LogP contribution in [0.1, 0.15) is 64.4 Å². The Morgan fingerprint density at radius 3 is 2.73 bits per heavy atom. The highest BCUT2D eigenvalue weighted by molar-refractivity contribution is 6.19. The van der Waals surface area contributed by atoms with E-state index in [-0.39, 0.29) is 36.2 Å². The van der Waals surface area contributed by atoms with Crippen molar-refractivity contribution in [1.82, 2.24) is 0 Å². The lowest BCUT2D eigenvalue weighted by molar-refractivity contribution is -0.144. The molecule has 1 aromatic rings. The zero-order chi connectivity index (χ0) is 23.4. The Hall–Kier alpha value is -2.62. The van der Waals surface area contributed by atoms with E-state index >= 15 is 0 Å². The normalized spacial score (nSPS) is 26.8. The van der Waals surface area contributed by atoms with Gasteiger partial charge in [0.05, 0.1) is 18.3 Å². The summed E-state index contributed by atoms with van der Waals surface area (Å²) in [6, 6.07) is 9.95. The third kappa shape index (κ3) is 5.15. The minimum absolute atomic E-state index is 0.0572. The molecule has 4 atom stereocenters. The lowest BCUT2D eigenvalue weighted by atomic mass is 9.64. The predicted molar refractivity (Wildman–Crippen MR) is 129 cm³/mol. The van der Waals surface area contributed by atoms with E-state index in [1.807, 2.05) is 30.3 Å². The Balaban J connectivity index is 1.57. The van der Waals surface area contributed by atoms with Crippen molar-refractivity contribution in [2.45, 2.75) is 71.3 Å². The Morgan fingerprint density at radius 2 is 1.97 bits per heavy atom. The minimum Gasteiger partial charge on any atom is -0.494 e. The minimum atomic E-state index is -0.460. The lowest BCUT2D eigenvalue weighted by Gasteiger charge is -2.47. The van der Waals surface area contributed by atoms with Crippen LogP contribution in [0.3, 0.4) is 0 Å². The van der Waals surface area contributed by atoms with Crippen LogP contribution >= 0.6 is 0 Å². The van der Waals surface area contributed by atoms with Crippen molar-refractivity contribution in [3.05, 3.63) is 71.0 Å². The van der Waals surface area contributed by atoms with Crippen molar-refractivity contribution in [2.75, 3.05) is 6.61 Å². The SMILES string of the molecule is C=C1OC2CC(CCCCC)=C(C(=O)OCCc3ccccc3)C(=O)C2C2C=C(C)CCC12. The Morgan fingerprint density at radius 1 is 1.18 bits per heavy atom. The highest BCUT2D eigenvalue weighted by Crippen LogP contribution is 2.49. The molecule has 0 N–H and O–H groups in total. The summed E-state index contributed by atoms with van der Waals surface area (Å²) in [5.41, 5.74) is 3.62. The van der Waals surface area contributed by atoms with Crippen molar-refractivity contribution < 1.29 is 19.1 Å². The van der Waals surface area contributed by atoms with Gasteiger partial charge in [-0.25, -0.2) is 4.79 Å². The van der Waals surface area contributed by atoms with E-state index in [9.17, 15) is 9.59 Å². The van der Waals surface area contributed by atoms with Gasteiger partial charge in [0.15, 0.2) is 5.78 Å². The van der Waals surface area contributed by atoms with Crippen molar-refractivity contribution in [2.24, 2.45) is 17.8 Å². The van der Waals surface area contributed by atoms with Gasteiger partial charge in [-0.2, -0.15) is 0 Å². The van der Waals surface area contributed by atoms with Crippen LogP contribution in [0.25, 0.3) is 0 Å². The van der Waals surface area contributed by atoms with Gasteiger partial charge in [0, 0.05) is 24.7 Å². The number of hydrogen-bond donors (Lipinski definition) is 0. The van der Waals surface area contributed by atoms with Crippen LogP contribution < -0.4 is 0 Å². The number of ether oxygens (including phenoxy) is 2. The molecular weight excluding hydrogens is 412 g/mol. The first-order chi connectivity index (χ1) is 16.0. The average Bonchev–Trinajstić information content (AvgIpc) is 2.79. The number of hydrogen-bond acceptors (Lipinski definition) is 4. The van der Waals surface area contributed by atoms with Crippen LogP contribution in [0.5, 0.6) is 0 Å². The Labute approximate surface area is 197 Å². The first-order valence-corrected chi connectivity index (χ1v) is 12.5. The van der Waals surface area contributed by atoms with Crippen molar-refractivity contribution >= 4 is 11.8 Å². The molecule has 4 heteroatoms. The summed E-state index contributed by atoms with van der Waals surface area (Å²) < 4.78 is 11.9. The monoisotopic (exact) mass is 448 g/mol. The molecule has 33 heavy (non-hydrogen) atoms. The van der Waals surface area contributed by atoms with Gasteiger partial charge in [-0.1, -0.05) is 68.3 Å². The number of rotatable bonds is 8. The summed E-state index contributed by atoms with van der Waals surface area (Å²) in [5, 5.41) is 0. The molecule has 4 nitrogen and oxygen atoms in total. The summed E-state index contributed by atoms with van der Waals surface area (Å²) in [6.07, 6.45) is 9.07. The number of carbonyl (C=O) groups is 2. The molecule has 1 heterocycles. The van der Waals surface area contributed by atoms with Gasteiger partial charge < -0.3 is 9.47 Å². The van der Waals surface area contributed by atoms with Gasteiger partial charge in [-0.15, -0.1) is 0 Å². The van der Waals surface area contributed by atoms with E-state index in [1.54, 1.807) is 0 Å². The van der Waals surface area contributed by atoms with E-state index in [0.29, 0.717) is 18.4 Å². The Kier molecular flexibility index (Phi) is 7.52. The maximum absolute atomic E-state index is 13.8. The van der Waals surface area contributed by atoms with Gasteiger partial charge in [0.2, 0.25) is 0 Å². The van der Waals surface area contributed by atoms with Crippen LogP contribution in [0, 0.1) is 17.8 Å². The zero-order valence-electron chi connectivity index (χ0n) is 20.0. The second-order valence-electron chi connectivity index (χ2n) is 9.76. The van der Waals surface area contributed by atoms with Gasteiger partial charge in [0.1, 0.15) is 11.7 Å². The van der Waals surface area contributed by atoms with E-state index in [1.165, 1.54) is 5.57 Å². The third-order valence-corrected chi connectivity index (χ3v) is 7.43. The molecule has 3 aliphatic rings. The molecule has 0 aromatic heterocycles. The lowest BCUT2D eigenvalue weighted by Crippen LogP contribution is -2.49. The van der Waals surface area contributed by atoms with Crippen LogP contribution in [-0.2, 0) is 25.5 Å². The van der Waals surface area contributed by atoms with Crippen LogP contribution in [0.4, 0.5) is 0 Å². The van der Waals surface area contributed by atoms with E-state index in [4.69, 9.17) is 9.47 Å². The Bertz CT molecular complexity index is 955. The number of ketones is 1. The molecule has 1 fully saturated rings.